The van der Waals surface area contributed by atoms with Crippen molar-refractivity contribution in [3.8, 4) is 17.2 Å². The van der Waals surface area contributed by atoms with Crippen LogP contribution in [0.25, 0.3) is 10.9 Å². The molecule has 2 fully saturated rings. The zero-order chi connectivity index (χ0) is 27.9. The van der Waals surface area contributed by atoms with Gasteiger partial charge in [0.25, 0.3) is 5.91 Å². The number of amides is 1. The van der Waals surface area contributed by atoms with E-state index in [1.54, 1.807) is 25.6 Å². The number of rotatable bonds is 10. The van der Waals surface area contributed by atoms with Crippen LogP contribution in [0.1, 0.15) is 49.9 Å². The molecule has 3 heterocycles. The average Bonchev–Trinajstić information content (AvgIpc) is 2.97. The second-order valence-electron chi connectivity index (χ2n) is 10.6. The molecule has 10 heteroatoms. The quantitative estimate of drug-likeness (QED) is 0.392. The Kier molecular flexibility index (Phi) is 9.18. The monoisotopic (exact) mass is 548 g/mol. The zero-order valence-electron chi connectivity index (χ0n) is 23.7. The summed E-state index contributed by atoms with van der Waals surface area (Å²) in [7, 11) is 1.66. The standard InChI is InChI=1S/C30H40N6O4/c1-21(2)40-24-9-7-22(8-10-24)30(37)34-36-15-13-35(14-16-36)29-25-18-27(38-3)28(19-26(25)32-20-33-29)39-17-11-23-6-4-5-12-31-23/h7-10,18-21,23,31H,4-6,11-17H2,1-3H3,(H,34,37). The molecule has 10 nitrogen and oxygen atoms in total. The van der Waals surface area contributed by atoms with E-state index in [1.807, 2.05) is 43.1 Å². The zero-order valence-corrected chi connectivity index (χ0v) is 23.7. The van der Waals surface area contributed by atoms with Crippen LogP contribution in [-0.4, -0.2) is 79.5 Å². The lowest BCUT2D eigenvalue weighted by Crippen LogP contribution is -2.53. The molecule has 0 spiro atoms. The van der Waals surface area contributed by atoms with Crippen molar-refractivity contribution >= 4 is 22.6 Å². The number of ether oxygens (including phenoxy) is 3. The molecule has 2 N–H and O–H groups in total. The summed E-state index contributed by atoms with van der Waals surface area (Å²) in [5, 5.41) is 6.44. The topological polar surface area (TPSA) is 101 Å². The van der Waals surface area contributed by atoms with E-state index in [0.29, 0.717) is 55.9 Å². The van der Waals surface area contributed by atoms with Gasteiger partial charge >= 0.3 is 0 Å². The molecule has 2 saturated heterocycles. The largest absolute Gasteiger partial charge is 0.493 e. The van der Waals surface area contributed by atoms with Gasteiger partial charge in [-0.15, -0.1) is 0 Å². The van der Waals surface area contributed by atoms with Crippen LogP contribution in [0.4, 0.5) is 5.82 Å². The summed E-state index contributed by atoms with van der Waals surface area (Å²) in [4.78, 5) is 24.1. The van der Waals surface area contributed by atoms with E-state index in [2.05, 4.69) is 25.6 Å². The Labute approximate surface area is 236 Å². The molecule has 1 unspecified atom stereocenters. The number of hydrazine groups is 1. The van der Waals surface area contributed by atoms with Crippen LogP contribution < -0.4 is 29.9 Å². The lowest BCUT2D eigenvalue weighted by Gasteiger charge is -2.35. The van der Waals surface area contributed by atoms with Gasteiger partial charge in [0, 0.05) is 49.2 Å². The van der Waals surface area contributed by atoms with Crippen LogP contribution in [0.3, 0.4) is 0 Å². The van der Waals surface area contributed by atoms with Crippen LogP contribution in [-0.2, 0) is 0 Å². The lowest BCUT2D eigenvalue weighted by atomic mass is 10.0. The molecule has 1 atom stereocenters. The third kappa shape index (κ3) is 6.92. The van der Waals surface area contributed by atoms with Gasteiger partial charge < -0.3 is 24.4 Å². The fraction of sp³-hybridized carbons (Fsp3) is 0.500. The number of methoxy groups -OCH3 is 1. The number of aromatic nitrogens is 2. The van der Waals surface area contributed by atoms with Gasteiger partial charge in [-0.1, -0.05) is 6.42 Å². The molecule has 2 aliphatic rings. The highest BCUT2D eigenvalue weighted by molar-refractivity contribution is 5.94. The van der Waals surface area contributed by atoms with E-state index >= 15 is 0 Å². The number of piperazine rings is 1. The summed E-state index contributed by atoms with van der Waals surface area (Å²) in [6.07, 6.45) is 6.39. The van der Waals surface area contributed by atoms with Crippen molar-refractivity contribution in [1.82, 2.24) is 25.7 Å². The van der Waals surface area contributed by atoms with Crippen molar-refractivity contribution in [3.05, 3.63) is 48.3 Å². The van der Waals surface area contributed by atoms with Gasteiger partial charge in [0.1, 0.15) is 17.9 Å². The molecule has 1 amide bonds. The van der Waals surface area contributed by atoms with Gasteiger partial charge in [0.05, 0.1) is 25.3 Å². The summed E-state index contributed by atoms with van der Waals surface area (Å²) in [6, 6.07) is 11.7. The Balaban J connectivity index is 1.19. The van der Waals surface area contributed by atoms with Crippen molar-refractivity contribution in [2.75, 3.05) is 51.3 Å². The molecule has 0 radical (unpaired) electrons. The molecule has 0 aliphatic carbocycles. The molecule has 2 aliphatic heterocycles. The van der Waals surface area contributed by atoms with Crippen molar-refractivity contribution in [2.45, 2.75) is 51.7 Å². The Hall–Kier alpha value is -3.63. The molecule has 0 bridgehead atoms. The van der Waals surface area contributed by atoms with Gasteiger partial charge in [-0.3, -0.25) is 10.2 Å². The molecule has 1 aromatic heterocycles. The average molecular weight is 549 g/mol. The number of nitrogens with zero attached hydrogens (tertiary/aromatic N) is 4. The van der Waals surface area contributed by atoms with Crippen LogP contribution in [0.15, 0.2) is 42.7 Å². The lowest BCUT2D eigenvalue weighted by molar-refractivity contribution is 0.0777. The highest BCUT2D eigenvalue weighted by Gasteiger charge is 2.23. The van der Waals surface area contributed by atoms with Crippen LogP contribution in [0, 0.1) is 0 Å². The summed E-state index contributed by atoms with van der Waals surface area (Å²) in [6.45, 7) is 8.42. The second-order valence-corrected chi connectivity index (χ2v) is 10.6. The van der Waals surface area contributed by atoms with Crippen molar-refractivity contribution in [1.29, 1.82) is 0 Å². The summed E-state index contributed by atoms with van der Waals surface area (Å²) in [5.74, 6) is 2.86. The predicted molar refractivity (Wildman–Crippen MR) is 155 cm³/mol. The number of fused-ring (bicyclic) bond motifs is 1. The number of hydrogen-bond acceptors (Lipinski definition) is 9. The van der Waals surface area contributed by atoms with Crippen molar-refractivity contribution in [3.63, 3.8) is 0 Å². The molecule has 5 rings (SSSR count). The van der Waals surface area contributed by atoms with E-state index < -0.39 is 0 Å². The third-order valence-corrected chi connectivity index (χ3v) is 7.36. The number of nitrogens with one attached hydrogen (secondary N) is 2. The molecule has 40 heavy (non-hydrogen) atoms. The number of anilines is 1. The first-order chi connectivity index (χ1) is 19.5. The maximum absolute atomic E-state index is 12.8. The number of piperidine rings is 1. The number of carbonyl (C=O) groups is 1. The van der Waals surface area contributed by atoms with Gasteiger partial charge in [-0.25, -0.2) is 15.0 Å². The summed E-state index contributed by atoms with van der Waals surface area (Å²) < 4.78 is 17.5. The number of benzene rings is 2. The molecule has 0 saturated carbocycles. The summed E-state index contributed by atoms with van der Waals surface area (Å²) in [5.41, 5.74) is 4.44. The number of carbonyl (C=O) groups excluding carboxylic acids is 1. The van der Waals surface area contributed by atoms with E-state index in [1.165, 1.54) is 19.3 Å². The Bertz CT molecular complexity index is 1270. The first kappa shape index (κ1) is 27.9. The fourth-order valence-corrected chi connectivity index (χ4v) is 5.25. The maximum atomic E-state index is 12.8. The third-order valence-electron chi connectivity index (χ3n) is 7.36. The van der Waals surface area contributed by atoms with Crippen LogP contribution in [0.2, 0.25) is 0 Å². The first-order valence-electron chi connectivity index (χ1n) is 14.3. The van der Waals surface area contributed by atoms with Gasteiger partial charge in [0.2, 0.25) is 0 Å². The Morgan fingerprint density at radius 1 is 1.07 bits per heavy atom. The van der Waals surface area contributed by atoms with E-state index in [-0.39, 0.29) is 12.0 Å². The molecular weight excluding hydrogens is 508 g/mol. The minimum atomic E-state index is -0.131. The van der Waals surface area contributed by atoms with Gasteiger partial charge in [0.15, 0.2) is 11.5 Å². The Morgan fingerprint density at radius 3 is 2.58 bits per heavy atom. The minimum absolute atomic E-state index is 0.0909. The smallest absolute Gasteiger partial charge is 0.265 e. The van der Waals surface area contributed by atoms with Crippen LogP contribution >= 0.6 is 0 Å². The second kappa shape index (κ2) is 13.1. The van der Waals surface area contributed by atoms with Crippen molar-refractivity contribution in [2.24, 2.45) is 0 Å². The van der Waals surface area contributed by atoms with E-state index in [0.717, 1.165) is 35.4 Å². The number of hydrogen-bond donors (Lipinski definition) is 2. The highest BCUT2D eigenvalue weighted by Crippen LogP contribution is 2.35. The minimum Gasteiger partial charge on any atom is -0.493 e. The summed E-state index contributed by atoms with van der Waals surface area (Å²) >= 11 is 0. The molecular formula is C30H40N6O4. The normalized spacial score (nSPS) is 18.1. The maximum Gasteiger partial charge on any atom is 0.265 e. The molecule has 214 valence electrons. The SMILES string of the molecule is COc1cc2c(N3CCN(NC(=O)c4ccc(OC(C)C)cc4)CC3)ncnc2cc1OCCC1CCCCN1. The van der Waals surface area contributed by atoms with E-state index in [4.69, 9.17) is 14.2 Å². The van der Waals surface area contributed by atoms with Gasteiger partial charge in [-0.05, 0) is 70.0 Å². The highest BCUT2D eigenvalue weighted by atomic mass is 16.5. The molecule has 2 aromatic carbocycles. The van der Waals surface area contributed by atoms with E-state index in [9.17, 15) is 4.79 Å². The fourth-order valence-electron chi connectivity index (χ4n) is 5.25. The predicted octanol–water partition coefficient (Wildman–Crippen LogP) is 3.80. The molecule has 3 aromatic rings. The van der Waals surface area contributed by atoms with Crippen molar-refractivity contribution < 1.29 is 19.0 Å². The van der Waals surface area contributed by atoms with Gasteiger partial charge in [-0.2, -0.15) is 0 Å². The van der Waals surface area contributed by atoms with Crippen LogP contribution in [0.5, 0.6) is 17.2 Å². The Morgan fingerprint density at radius 2 is 1.88 bits per heavy atom. The first-order valence-corrected chi connectivity index (χ1v) is 14.3.